The lowest BCUT2D eigenvalue weighted by molar-refractivity contribution is -0.146. The molecule has 4 N–H and O–H groups in total. The van der Waals surface area contributed by atoms with Crippen LogP contribution >= 0.6 is 0 Å². The lowest BCUT2D eigenvalue weighted by Crippen LogP contribution is -2.65. The molecule has 11 rings (SSSR count). The number of carbonyl (C=O) groups is 5. The van der Waals surface area contributed by atoms with Crippen molar-refractivity contribution in [3.05, 3.63) is 83.9 Å². The minimum Gasteiger partial charge on any atom is -0.507 e. The summed E-state index contributed by atoms with van der Waals surface area (Å²) in [4.78, 5) is 76.5. The van der Waals surface area contributed by atoms with E-state index < -0.39 is 29.7 Å². The van der Waals surface area contributed by atoms with Gasteiger partial charge in [-0.3, -0.25) is 39.1 Å². The fourth-order valence-corrected chi connectivity index (χ4v) is 11.5. The number of nitrogens with zero attached hydrogens (tertiary/aromatic N) is 8. The van der Waals surface area contributed by atoms with Gasteiger partial charge in [0, 0.05) is 112 Å². The molecular formula is C48H52N10O7. The van der Waals surface area contributed by atoms with Crippen LogP contribution in [0.3, 0.4) is 0 Å². The second-order valence-corrected chi connectivity index (χ2v) is 18.9. The van der Waals surface area contributed by atoms with E-state index in [4.69, 9.17) is 10.5 Å². The molecule has 6 aliphatic heterocycles. The quantitative estimate of drug-likeness (QED) is 0.197. The van der Waals surface area contributed by atoms with Crippen LogP contribution < -0.4 is 30.5 Å². The third kappa shape index (κ3) is 7.34. The summed E-state index contributed by atoms with van der Waals surface area (Å²) < 4.78 is 6.32. The van der Waals surface area contributed by atoms with Crippen molar-refractivity contribution < 1.29 is 33.8 Å². The van der Waals surface area contributed by atoms with Gasteiger partial charge < -0.3 is 35.2 Å². The number of carbonyl (C=O) groups excluding carboxylic acids is 5. The maximum absolute atomic E-state index is 13.6. The van der Waals surface area contributed by atoms with Crippen molar-refractivity contribution in [1.29, 1.82) is 0 Å². The van der Waals surface area contributed by atoms with Crippen molar-refractivity contribution in [1.82, 2.24) is 30.2 Å². The Bertz CT molecular complexity index is 2590. The zero-order valence-electron chi connectivity index (χ0n) is 36.1. The number of phenols is 1. The molecule has 1 aromatic heterocycles. The molecule has 4 aromatic rings. The number of nitrogens with two attached hydrogens (primary N) is 1. The average molecular weight is 881 g/mol. The highest BCUT2D eigenvalue weighted by Crippen LogP contribution is 2.54. The number of imide groups is 2. The monoisotopic (exact) mass is 880 g/mol. The summed E-state index contributed by atoms with van der Waals surface area (Å²) in [6.45, 7) is 7.52. The molecule has 6 fully saturated rings. The van der Waals surface area contributed by atoms with Crippen LogP contribution in [0.15, 0.2) is 72.8 Å². The molecule has 2 bridgehead atoms. The normalized spacial score (nSPS) is 24.0. The predicted octanol–water partition coefficient (Wildman–Crippen LogP) is 3.13. The minimum absolute atomic E-state index is 0.0208. The van der Waals surface area contributed by atoms with Gasteiger partial charge in [-0.15, -0.1) is 10.2 Å². The third-order valence-electron chi connectivity index (χ3n) is 14.8. The van der Waals surface area contributed by atoms with E-state index in [1.807, 2.05) is 35.2 Å². The standard InChI is InChI=1S/C48H52N10O7/c49-43-40(22-38(51-52-43)36-6-1-2-7-41(36)59)55-25-32-8-9-33(26-55)57(32)31-4-3-5-34(20-31)65-19-18-53-14-16-54(17-15-53)45(62)29-23-48(24-29)27-56(28-48)30-10-11-35-37(21-30)47(64)58(46(35)63)39-12-13-42(60)50-44(39)61/h1-7,10-11,20-22,29,32-33,39,59H,8-9,12-19,23-28H2,(H2,49,52)(H,50,60,61). The summed E-state index contributed by atoms with van der Waals surface area (Å²) in [5.41, 5.74) is 11.1. The number of aromatic nitrogens is 2. The molecule has 5 saturated heterocycles. The van der Waals surface area contributed by atoms with Gasteiger partial charge in [0.1, 0.15) is 24.1 Å². The largest absolute Gasteiger partial charge is 0.507 e. The summed E-state index contributed by atoms with van der Waals surface area (Å²) in [6.07, 6.45) is 4.04. The van der Waals surface area contributed by atoms with Gasteiger partial charge in [0.2, 0.25) is 17.7 Å². The zero-order chi connectivity index (χ0) is 44.6. The smallest absolute Gasteiger partial charge is 0.262 e. The Morgan fingerprint density at radius 1 is 0.800 bits per heavy atom. The molecule has 5 amide bonds. The van der Waals surface area contributed by atoms with Gasteiger partial charge in [0.05, 0.1) is 22.5 Å². The number of anilines is 4. The number of aromatic hydroxyl groups is 1. The summed E-state index contributed by atoms with van der Waals surface area (Å²) in [7, 11) is 0. The number of rotatable bonds is 10. The van der Waals surface area contributed by atoms with E-state index in [9.17, 15) is 29.1 Å². The van der Waals surface area contributed by atoms with Gasteiger partial charge in [-0.05, 0) is 80.6 Å². The van der Waals surface area contributed by atoms with Crippen LogP contribution in [-0.4, -0.2) is 143 Å². The maximum atomic E-state index is 13.6. The molecule has 336 valence electrons. The van der Waals surface area contributed by atoms with Crippen LogP contribution in [0.5, 0.6) is 11.5 Å². The number of hydrogen-bond donors (Lipinski definition) is 3. The van der Waals surface area contributed by atoms with Crippen molar-refractivity contribution in [3.63, 3.8) is 0 Å². The van der Waals surface area contributed by atoms with Crippen LogP contribution in [0.4, 0.5) is 22.9 Å². The molecule has 1 spiro atoms. The SMILES string of the molecule is Nc1nnc(-c2ccccc2O)cc1N1CC2CCC(C1)N2c1cccc(OCCN2CCN(C(=O)C3CC4(C3)CN(c3ccc5c(c3)C(=O)N(C3CCC(=O)NC3=O)C5=O)C4)CC2)c1. The van der Waals surface area contributed by atoms with E-state index in [1.54, 1.807) is 24.3 Å². The number of benzene rings is 3. The van der Waals surface area contributed by atoms with Crippen molar-refractivity contribution in [2.24, 2.45) is 11.3 Å². The molecular weight excluding hydrogens is 829 g/mol. The number of piperidine rings is 1. The Labute approximate surface area is 376 Å². The molecule has 3 atom stereocenters. The molecule has 7 aliphatic rings. The number of amides is 5. The molecule has 65 heavy (non-hydrogen) atoms. The van der Waals surface area contributed by atoms with Gasteiger partial charge in [-0.1, -0.05) is 18.2 Å². The van der Waals surface area contributed by atoms with Gasteiger partial charge >= 0.3 is 0 Å². The van der Waals surface area contributed by atoms with Crippen molar-refractivity contribution >= 4 is 52.4 Å². The van der Waals surface area contributed by atoms with Crippen LogP contribution in [0.25, 0.3) is 11.3 Å². The van der Waals surface area contributed by atoms with Crippen LogP contribution in [-0.2, 0) is 14.4 Å². The number of phenolic OH excluding ortho intramolecular Hbond substituents is 1. The topological polar surface area (TPSA) is 198 Å². The van der Waals surface area contributed by atoms with Crippen LogP contribution in [0, 0.1) is 11.3 Å². The summed E-state index contributed by atoms with van der Waals surface area (Å²) >= 11 is 0. The molecule has 1 saturated carbocycles. The fraction of sp³-hybridized carbons (Fsp3) is 0.438. The molecule has 1 aliphatic carbocycles. The Kier molecular flexibility index (Phi) is 10.1. The molecule has 17 heteroatoms. The lowest BCUT2D eigenvalue weighted by Gasteiger charge is -2.60. The van der Waals surface area contributed by atoms with Crippen molar-refractivity contribution in [2.75, 3.05) is 85.9 Å². The highest BCUT2D eigenvalue weighted by atomic mass is 16.5. The van der Waals surface area contributed by atoms with Crippen LogP contribution in [0.2, 0.25) is 0 Å². The van der Waals surface area contributed by atoms with Gasteiger partial charge in [-0.2, -0.15) is 0 Å². The predicted molar refractivity (Wildman–Crippen MR) is 240 cm³/mol. The zero-order valence-corrected chi connectivity index (χ0v) is 36.1. The molecule has 17 nitrogen and oxygen atoms in total. The molecule has 3 aromatic carbocycles. The molecule has 0 radical (unpaired) electrons. The lowest BCUT2D eigenvalue weighted by atomic mass is 9.57. The van der Waals surface area contributed by atoms with Gasteiger partial charge in [-0.25, -0.2) is 0 Å². The first-order valence-electron chi connectivity index (χ1n) is 22.8. The summed E-state index contributed by atoms with van der Waals surface area (Å²) in [5.74, 6) is -0.390. The van der Waals surface area contributed by atoms with Crippen molar-refractivity contribution in [2.45, 2.75) is 56.7 Å². The first-order chi connectivity index (χ1) is 31.5. The Balaban J connectivity index is 0.623. The Morgan fingerprint density at radius 2 is 1.55 bits per heavy atom. The van der Waals surface area contributed by atoms with Gasteiger partial charge in [0.25, 0.3) is 11.8 Å². The third-order valence-corrected chi connectivity index (χ3v) is 14.8. The number of nitrogens with one attached hydrogen (secondary N) is 1. The first kappa shape index (κ1) is 41.0. The maximum Gasteiger partial charge on any atom is 0.262 e. The number of fused-ring (bicyclic) bond motifs is 3. The number of hydrogen-bond acceptors (Lipinski definition) is 14. The highest BCUT2D eigenvalue weighted by Gasteiger charge is 2.55. The Morgan fingerprint density at radius 3 is 2.31 bits per heavy atom. The summed E-state index contributed by atoms with van der Waals surface area (Å²) in [6, 6.07) is 22.3. The number of para-hydroxylation sites is 1. The average Bonchev–Trinajstić information content (AvgIpc) is 3.69. The molecule has 3 unspecified atom stereocenters. The van der Waals surface area contributed by atoms with E-state index in [-0.39, 0.29) is 47.0 Å². The van der Waals surface area contributed by atoms with E-state index in [0.717, 1.165) is 99.2 Å². The summed E-state index contributed by atoms with van der Waals surface area (Å²) in [5, 5.41) is 21.2. The minimum atomic E-state index is -0.990. The fourth-order valence-electron chi connectivity index (χ4n) is 11.5. The van der Waals surface area contributed by atoms with E-state index >= 15 is 0 Å². The number of piperazine rings is 2. The van der Waals surface area contributed by atoms with Crippen molar-refractivity contribution in [3.8, 4) is 22.8 Å². The van der Waals surface area contributed by atoms with Gasteiger partial charge in [0.15, 0.2) is 5.82 Å². The second kappa shape index (κ2) is 16.0. The molecule has 7 heterocycles. The van der Waals surface area contributed by atoms with E-state index in [0.29, 0.717) is 48.9 Å². The number of ether oxygens (including phenoxy) is 1. The first-order valence-corrected chi connectivity index (χ1v) is 22.8. The Hall–Kier alpha value is -6.75. The van der Waals surface area contributed by atoms with E-state index in [1.165, 1.54) is 0 Å². The number of nitrogen functional groups attached to an aromatic ring is 1. The van der Waals surface area contributed by atoms with Crippen LogP contribution in [0.1, 0.15) is 59.2 Å². The second-order valence-electron chi connectivity index (χ2n) is 18.9. The highest BCUT2D eigenvalue weighted by molar-refractivity contribution is 6.23. The van der Waals surface area contributed by atoms with E-state index in [2.05, 4.69) is 53.3 Å².